The van der Waals surface area contributed by atoms with Gasteiger partial charge in [0, 0.05) is 6.07 Å². The van der Waals surface area contributed by atoms with Gasteiger partial charge in [-0.05, 0) is 22.4 Å². The Labute approximate surface area is 142 Å². The molecular formula is C18H14N4O3. The van der Waals surface area contributed by atoms with Gasteiger partial charge in [0.05, 0.1) is 6.20 Å². The van der Waals surface area contributed by atoms with E-state index in [4.69, 9.17) is 9.84 Å². The summed E-state index contributed by atoms with van der Waals surface area (Å²) in [5, 5.41) is 17.5. The number of nitrogens with zero attached hydrogens (tertiary/aromatic N) is 3. The molecule has 0 aliphatic heterocycles. The number of benzene rings is 2. The minimum Gasteiger partial charge on any atom is -0.472 e. The Hall–Kier alpha value is -3.61. The lowest BCUT2D eigenvalue weighted by Crippen LogP contribution is -2.07. The molecule has 7 nitrogen and oxygen atoms in total. The summed E-state index contributed by atoms with van der Waals surface area (Å²) in [4.78, 5) is 14.8. The lowest BCUT2D eigenvalue weighted by atomic mass is 10.1. The van der Waals surface area contributed by atoms with Crippen molar-refractivity contribution in [3.05, 3.63) is 66.4 Å². The summed E-state index contributed by atoms with van der Waals surface area (Å²) in [7, 11) is 0. The molecule has 7 heteroatoms. The fourth-order valence-electron chi connectivity index (χ4n) is 2.68. The number of hydrogen-bond donors (Lipinski definition) is 2. The van der Waals surface area contributed by atoms with Gasteiger partial charge in [-0.1, -0.05) is 42.5 Å². The van der Waals surface area contributed by atoms with Crippen molar-refractivity contribution in [1.82, 2.24) is 14.6 Å². The van der Waals surface area contributed by atoms with Crippen molar-refractivity contribution in [2.24, 2.45) is 0 Å². The van der Waals surface area contributed by atoms with Crippen LogP contribution >= 0.6 is 0 Å². The molecule has 2 N–H and O–H groups in total. The Morgan fingerprint density at radius 1 is 1.12 bits per heavy atom. The van der Waals surface area contributed by atoms with Crippen molar-refractivity contribution in [2.45, 2.75) is 6.61 Å². The summed E-state index contributed by atoms with van der Waals surface area (Å²) in [5.74, 6) is 0.644. The van der Waals surface area contributed by atoms with Crippen molar-refractivity contribution in [2.75, 3.05) is 5.32 Å². The number of carboxylic acid groups (broad SMARTS) is 1. The summed E-state index contributed by atoms with van der Waals surface area (Å²) in [6, 6.07) is 17.6. The Bertz CT molecular complexity index is 1070. The molecule has 4 rings (SSSR count). The maximum Gasteiger partial charge on any atom is 0.410 e. The van der Waals surface area contributed by atoms with Crippen molar-refractivity contribution < 1.29 is 14.6 Å². The van der Waals surface area contributed by atoms with Crippen LogP contribution in [0.3, 0.4) is 0 Å². The molecular weight excluding hydrogens is 320 g/mol. The van der Waals surface area contributed by atoms with Crippen molar-refractivity contribution in [3.63, 3.8) is 0 Å². The molecule has 1 amide bonds. The first kappa shape index (κ1) is 14.9. The first-order chi connectivity index (χ1) is 12.2. The van der Waals surface area contributed by atoms with Gasteiger partial charge in [-0.3, -0.25) is 5.32 Å². The van der Waals surface area contributed by atoms with E-state index in [1.165, 1.54) is 10.7 Å². The first-order valence-corrected chi connectivity index (χ1v) is 7.65. The zero-order valence-electron chi connectivity index (χ0n) is 13.1. The number of anilines is 1. The number of nitrogens with one attached hydrogen (secondary N) is 1. The van der Waals surface area contributed by atoms with Crippen LogP contribution in [0.1, 0.15) is 5.56 Å². The Kier molecular flexibility index (Phi) is 3.66. The third-order valence-electron chi connectivity index (χ3n) is 3.79. The number of imidazole rings is 1. The first-order valence-electron chi connectivity index (χ1n) is 7.65. The Morgan fingerprint density at radius 2 is 1.96 bits per heavy atom. The van der Waals surface area contributed by atoms with E-state index in [-0.39, 0.29) is 5.82 Å². The summed E-state index contributed by atoms with van der Waals surface area (Å²) >= 11 is 0. The van der Waals surface area contributed by atoms with Crippen molar-refractivity contribution >= 4 is 28.3 Å². The van der Waals surface area contributed by atoms with E-state index in [9.17, 15) is 4.79 Å². The second kappa shape index (κ2) is 6.12. The minimum absolute atomic E-state index is 0.214. The van der Waals surface area contributed by atoms with Crippen LogP contribution < -0.4 is 10.1 Å². The summed E-state index contributed by atoms with van der Waals surface area (Å²) in [6.07, 6.45) is 0.324. The normalized spacial score (nSPS) is 10.9. The zero-order valence-corrected chi connectivity index (χ0v) is 13.1. The molecule has 0 bridgehead atoms. The molecule has 124 valence electrons. The van der Waals surface area contributed by atoms with Crippen LogP contribution in [0.4, 0.5) is 10.6 Å². The van der Waals surface area contributed by atoms with Crippen LogP contribution in [0.25, 0.3) is 16.4 Å². The van der Waals surface area contributed by atoms with Crippen LogP contribution in [0.5, 0.6) is 5.88 Å². The van der Waals surface area contributed by atoms with Gasteiger partial charge in [-0.15, -0.1) is 5.10 Å². The number of ether oxygens (including phenoxy) is 1. The standard InChI is InChI=1S/C18H14N4O3/c23-18(24)20-15-10-22-16(19-15)8-9-17(21-22)25-11-13-6-3-5-12-4-1-2-7-14(12)13/h1-10,20H,11H2,(H,23,24). The van der Waals surface area contributed by atoms with Crippen molar-refractivity contribution in [1.29, 1.82) is 0 Å². The monoisotopic (exact) mass is 334 g/mol. The molecule has 0 saturated carbocycles. The third-order valence-corrected chi connectivity index (χ3v) is 3.79. The summed E-state index contributed by atoms with van der Waals surface area (Å²) in [5.41, 5.74) is 1.60. The molecule has 0 atom stereocenters. The average Bonchev–Trinajstić information content (AvgIpc) is 3.00. The maximum atomic E-state index is 10.7. The van der Waals surface area contributed by atoms with Crippen LogP contribution in [0, 0.1) is 0 Å². The fourth-order valence-corrected chi connectivity index (χ4v) is 2.68. The van der Waals surface area contributed by atoms with Crippen LogP contribution in [0.15, 0.2) is 60.8 Å². The highest BCUT2D eigenvalue weighted by molar-refractivity contribution is 5.85. The van der Waals surface area contributed by atoms with E-state index in [0.29, 0.717) is 18.1 Å². The molecule has 4 aromatic rings. The van der Waals surface area contributed by atoms with Crippen LogP contribution in [-0.2, 0) is 6.61 Å². The van der Waals surface area contributed by atoms with E-state index < -0.39 is 6.09 Å². The Balaban J connectivity index is 1.57. The predicted molar refractivity (Wildman–Crippen MR) is 92.9 cm³/mol. The third kappa shape index (κ3) is 3.07. The largest absolute Gasteiger partial charge is 0.472 e. The average molecular weight is 334 g/mol. The van der Waals surface area contributed by atoms with Gasteiger partial charge >= 0.3 is 6.09 Å². The van der Waals surface area contributed by atoms with E-state index in [1.54, 1.807) is 12.1 Å². The maximum absolute atomic E-state index is 10.7. The van der Waals surface area contributed by atoms with Crippen LogP contribution in [-0.4, -0.2) is 25.8 Å². The molecule has 2 aromatic heterocycles. The number of hydrogen-bond acceptors (Lipinski definition) is 4. The van der Waals surface area contributed by atoms with Gasteiger partial charge in [0.2, 0.25) is 5.88 Å². The van der Waals surface area contributed by atoms with Crippen LogP contribution in [0.2, 0.25) is 0 Å². The molecule has 0 aliphatic carbocycles. The van der Waals surface area contributed by atoms with Crippen molar-refractivity contribution in [3.8, 4) is 5.88 Å². The van der Waals surface area contributed by atoms with Gasteiger partial charge in [0.25, 0.3) is 0 Å². The number of fused-ring (bicyclic) bond motifs is 2. The second-order valence-electron chi connectivity index (χ2n) is 5.46. The number of carbonyl (C=O) groups is 1. The number of aromatic nitrogens is 3. The molecule has 0 saturated heterocycles. The van der Waals surface area contributed by atoms with E-state index in [2.05, 4.69) is 33.6 Å². The van der Waals surface area contributed by atoms with Gasteiger partial charge in [0.1, 0.15) is 6.61 Å². The van der Waals surface area contributed by atoms with E-state index in [1.807, 2.05) is 24.3 Å². The molecule has 2 heterocycles. The highest BCUT2D eigenvalue weighted by Gasteiger charge is 2.07. The highest BCUT2D eigenvalue weighted by atomic mass is 16.5. The molecule has 25 heavy (non-hydrogen) atoms. The Morgan fingerprint density at radius 3 is 2.84 bits per heavy atom. The van der Waals surface area contributed by atoms with Gasteiger partial charge < -0.3 is 9.84 Å². The summed E-state index contributed by atoms with van der Waals surface area (Å²) in [6.45, 7) is 0.384. The lowest BCUT2D eigenvalue weighted by molar-refractivity contribution is 0.209. The predicted octanol–water partition coefficient (Wildman–Crippen LogP) is 3.55. The van der Waals surface area contributed by atoms with Gasteiger partial charge in [-0.25, -0.2) is 14.3 Å². The molecule has 0 radical (unpaired) electrons. The van der Waals surface area contributed by atoms with Gasteiger partial charge in [0.15, 0.2) is 11.5 Å². The zero-order chi connectivity index (χ0) is 17.2. The number of rotatable bonds is 4. The quantitative estimate of drug-likeness (QED) is 0.596. The lowest BCUT2D eigenvalue weighted by Gasteiger charge is -2.08. The molecule has 0 aliphatic rings. The molecule has 0 unspecified atom stereocenters. The SMILES string of the molecule is O=C(O)Nc1cn2nc(OCc3cccc4ccccc34)ccc2n1. The highest BCUT2D eigenvalue weighted by Crippen LogP contribution is 2.20. The van der Waals surface area contributed by atoms with E-state index in [0.717, 1.165) is 16.3 Å². The smallest absolute Gasteiger partial charge is 0.410 e. The second-order valence-corrected chi connectivity index (χ2v) is 5.46. The molecule has 0 fully saturated rings. The summed E-state index contributed by atoms with van der Waals surface area (Å²) < 4.78 is 7.28. The fraction of sp³-hybridized carbons (Fsp3) is 0.0556. The number of amides is 1. The van der Waals surface area contributed by atoms with E-state index >= 15 is 0 Å². The topological polar surface area (TPSA) is 88.8 Å². The van der Waals surface area contributed by atoms with Gasteiger partial charge in [-0.2, -0.15) is 0 Å². The molecule has 2 aromatic carbocycles. The molecule has 0 spiro atoms. The minimum atomic E-state index is -1.17.